The summed E-state index contributed by atoms with van der Waals surface area (Å²) < 4.78 is 11.6. The minimum atomic E-state index is -0.422. The number of ether oxygens (including phenoxy) is 2. The molecule has 0 saturated heterocycles. The third-order valence-electron chi connectivity index (χ3n) is 2.95. The summed E-state index contributed by atoms with van der Waals surface area (Å²) >= 11 is 3.44. The van der Waals surface area contributed by atoms with Gasteiger partial charge in [0.25, 0.3) is 0 Å². The Hall–Kier alpha value is -2.54. The van der Waals surface area contributed by atoms with E-state index in [0.29, 0.717) is 23.8 Å². The van der Waals surface area contributed by atoms with E-state index in [2.05, 4.69) is 31.8 Å². The van der Waals surface area contributed by atoms with Gasteiger partial charge in [-0.1, -0.05) is 18.2 Å². The van der Waals surface area contributed by atoms with Gasteiger partial charge in [-0.2, -0.15) is 5.10 Å². The summed E-state index contributed by atoms with van der Waals surface area (Å²) in [5, 5.41) is 6.60. The lowest BCUT2D eigenvalue weighted by molar-refractivity contribution is 0.252. The smallest absolute Gasteiger partial charge is 0.339 e. The van der Waals surface area contributed by atoms with Crippen molar-refractivity contribution >= 4 is 33.9 Å². The lowest BCUT2D eigenvalue weighted by Crippen LogP contribution is -2.24. The molecule has 24 heavy (non-hydrogen) atoms. The van der Waals surface area contributed by atoms with Crippen LogP contribution in [0.5, 0.6) is 11.5 Å². The Kier molecular flexibility index (Phi) is 6.62. The van der Waals surface area contributed by atoms with Crippen LogP contribution < -0.4 is 20.2 Å². The monoisotopic (exact) mass is 391 g/mol. The highest BCUT2D eigenvalue weighted by Gasteiger charge is 2.10. The molecule has 0 fully saturated rings. The fourth-order valence-corrected chi connectivity index (χ4v) is 2.52. The molecule has 126 valence electrons. The second-order valence-corrected chi connectivity index (χ2v) is 5.51. The van der Waals surface area contributed by atoms with Crippen molar-refractivity contribution in [3.8, 4) is 11.5 Å². The van der Waals surface area contributed by atoms with Gasteiger partial charge >= 0.3 is 6.03 Å². The maximum atomic E-state index is 11.7. The van der Waals surface area contributed by atoms with Crippen LogP contribution in [0.25, 0.3) is 0 Å². The summed E-state index contributed by atoms with van der Waals surface area (Å²) in [4.78, 5) is 11.7. The molecule has 2 aromatic rings. The van der Waals surface area contributed by atoms with Crippen molar-refractivity contribution < 1.29 is 14.3 Å². The molecule has 0 aliphatic rings. The van der Waals surface area contributed by atoms with E-state index in [1.54, 1.807) is 25.3 Å². The Morgan fingerprint density at radius 3 is 2.71 bits per heavy atom. The lowest BCUT2D eigenvalue weighted by atomic mass is 10.2. The van der Waals surface area contributed by atoms with Gasteiger partial charge < -0.3 is 14.8 Å². The first-order chi connectivity index (χ1) is 11.6. The number of para-hydroxylation sites is 1. The van der Waals surface area contributed by atoms with Gasteiger partial charge in [-0.05, 0) is 52.7 Å². The molecule has 0 radical (unpaired) electrons. The van der Waals surface area contributed by atoms with E-state index < -0.39 is 6.03 Å². The normalized spacial score (nSPS) is 10.5. The Bertz CT molecular complexity index is 721. The van der Waals surface area contributed by atoms with Crippen molar-refractivity contribution in [2.24, 2.45) is 5.10 Å². The quantitative estimate of drug-likeness (QED) is 0.576. The number of hydrogen-bond acceptors (Lipinski definition) is 4. The fourth-order valence-electron chi connectivity index (χ4n) is 1.94. The van der Waals surface area contributed by atoms with Gasteiger partial charge in [0.15, 0.2) is 11.5 Å². The number of urea groups is 1. The van der Waals surface area contributed by atoms with Gasteiger partial charge in [0.1, 0.15) is 0 Å². The Morgan fingerprint density at radius 1 is 1.29 bits per heavy atom. The van der Waals surface area contributed by atoms with Crippen molar-refractivity contribution in [3.63, 3.8) is 0 Å². The molecule has 0 saturated carbocycles. The van der Waals surface area contributed by atoms with E-state index >= 15 is 0 Å². The summed E-state index contributed by atoms with van der Waals surface area (Å²) in [6, 6.07) is 12.3. The molecular formula is C17H18BrN3O3. The van der Waals surface area contributed by atoms with Gasteiger partial charge in [0, 0.05) is 5.69 Å². The number of rotatable bonds is 6. The van der Waals surface area contributed by atoms with Gasteiger partial charge in [0.2, 0.25) is 0 Å². The Balaban J connectivity index is 2.01. The van der Waals surface area contributed by atoms with E-state index in [1.165, 1.54) is 6.21 Å². The molecule has 0 aliphatic heterocycles. The van der Waals surface area contributed by atoms with Crippen molar-refractivity contribution in [1.29, 1.82) is 0 Å². The third kappa shape index (κ3) is 4.99. The summed E-state index contributed by atoms with van der Waals surface area (Å²) in [6.07, 6.45) is 1.52. The minimum Gasteiger partial charge on any atom is -0.493 e. The van der Waals surface area contributed by atoms with Crippen molar-refractivity contribution in [2.75, 3.05) is 19.0 Å². The number of nitrogens with zero attached hydrogens (tertiary/aromatic N) is 1. The van der Waals surface area contributed by atoms with Crippen molar-refractivity contribution in [1.82, 2.24) is 5.43 Å². The second-order valence-electron chi connectivity index (χ2n) is 4.66. The van der Waals surface area contributed by atoms with Crippen LogP contribution >= 0.6 is 15.9 Å². The zero-order valence-electron chi connectivity index (χ0n) is 13.4. The van der Waals surface area contributed by atoms with Crippen LogP contribution in [0.2, 0.25) is 0 Å². The highest BCUT2D eigenvalue weighted by molar-refractivity contribution is 9.10. The van der Waals surface area contributed by atoms with Gasteiger partial charge in [0.05, 0.1) is 24.4 Å². The standard InChI is InChI=1S/C17H18BrN3O3/c1-3-24-16-14(18)9-12(10-15(16)23-2)11-19-21-17(22)20-13-7-5-4-6-8-13/h4-11H,3H2,1-2H3,(H2,20,21,22)/b19-11+. The number of nitrogens with one attached hydrogen (secondary N) is 2. The third-order valence-corrected chi connectivity index (χ3v) is 3.54. The number of benzene rings is 2. The molecule has 2 aromatic carbocycles. The fraction of sp³-hybridized carbons (Fsp3) is 0.176. The highest BCUT2D eigenvalue weighted by atomic mass is 79.9. The average Bonchev–Trinajstić information content (AvgIpc) is 2.58. The number of hydrogen-bond donors (Lipinski definition) is 2. The molecule has 2 rings (SSSR count). The van der Waals surface area contributed by atoms with Crippen LogP contribution in [0.1, 0.15) is 12.5 Å². The molecule has 0 aliphatic carbocycles. The Morgan fingerprint density at radius 2 is 2.04 bits per heavy atom. The Labute approximate surface area is 149 Å². The van der Waals surface area contributed by atoms with Gasteiger partial charge in [-0.15, -0.1) is 0 Å². The first kappa shape index (κ1) is 17.8. The number of carbonyl (C=O) groups excluding carboxylic acids is 1. The van der Waals surface area contributed by atoms with Crippen LogP contribution in [0.15, 0.2) is 52.0 Å². The molecule has 2 amide bonds. The van der Waals surface area contributed by atoms with Crippen LogP contribution in [-0.2, 0) is 0 Å². The number of hydrazone groups is 1. The van der Waals surface area contributed by atoms with E-state index in [4.69, 9.17) is 9.47 Å². The first-order valence-corrected chi connectivity index (χ1v) is 8.08. The zero-order chi connectivity index (χ0) is 17.4. The van der Waals surface area contributed by atoms with Gasteiger partial charge in [-0.3, -0.25) is 0 Å². The SMILES string of the molecule is CCOc1c(Br)cc(/C=N/NC(=O)Nc2ccccc2)cc1OC. The second kappa shape index (κ2) is 8.93. The minimum absolute atomic E-state index is 0.422. The van der Waals surface area contributed by atoms with E-state index in [9.17, 15) is 4.79 Å². The van der Waals surface area contributed by atoms with Crippen molar-refractivity contribution in [2.45, 2.75) is 6.92 Å². The summed E-state index contributed by atoms with van der Waals surface area (Å²) in [6.45, 7) is 2.43. The molecule has 0 heterocycles. The van der Waals surface area contributed by atoms with Crippen LogP contribution in [0.4, 0.5) is 10.5 Å². The summed E-state index contributed by atoms with van der Waals surface area (Å²) in [5.41, 5.74) is 3.85. The summed E-state index contributed by atoms with van der Waals surface area (Å²) in [7, 11) is 1.57. The topological polar surface area (TPSA) is 72.0 Å². The number of halogens is 1. The predicted octanol–water partition coefficient (Wildman–Crippen LogP) is 4.01. The van der Waals surface area contributed by atoms with E-state index in [0.717, 1.165) is 10.0 Å². The van der Waals surface area contributed by atoms with Gasteiger partial charge in [-0.25, -0.2) is 10.2 Å². The predicted molar refractivity (Wildman–Crippen MR) is 98.1 cm³/mol. The molecular weight excluding hydrogens is 374 g/mol. The largest absolute Gasteiger partial charge is 0.493 e. The number of methoxy groups -OCH3 is 1. The van der Waals surface area contributed by atoms with Crippen LogP contribution in [-0.4, -0.2) is 26.0 Å². The number of carbonyl (C=O) groups is 1. The molecule has 0 bridgehead atoms. The molecule has 0 unspecified atom stereocenters. The molecule has 7 heteroatoms. The zero-order valence-corrected chi connectivity index (χ0v) is 15.0. The molecule has 0 atom stereocenters. The average molecular weight is 392 g/mol. The molecule has 6 nitrogen and oxygen atoms in total. The maximum Gasteiger partial charge on any atom is 0.339 e. The molecule has 0 aromatic heterocycles. The van der Waals surface area contributed by atoms with Crippen LogP contribution in [0, 0.1) is 0 Å². The number of anilines is 1. The first-order valence-electron chi connectivity index (χ1n) is 7.29. The maximum absolute atomic E-state index is 11.7. The lowest BCUT2D eigenvalue weighted by Gasteiger charge is -2.12. The van der Waals surface area contributed by atoms with E-state index in [-0.39, 0.29) is 0 Å². The van der Waals surface area contributed by atoms with E-state index in [1.807, 2.05) is 31.2 Å². The molecule has 0 spiro atoms. The number of amides is 2. The summed E-state index contributed by atoms with van der Waals surface area (Å²) in [5.74, 6) is 1.22. The highest BCUT2D eigenvalue weighted by Crippen LogP contribution is 2.36. The van der Waals surface area contributed by atoms with Crippen molar-refractivity contribution in [3.05, 3.63) is 52.5 Å². The molecule has 2 N–H and O–H groups in total. The van der Waals surface area contributed by atoms with Crippen LogP contribution in [0.3, 0.4) is 0 Å².